The van der Waals surface area contributed by atoms with E-state index in [1.54, 1.807) is 0 Å². The molecule has 0 saturated heterocycles. The number of rotatable bonds is 5. The number of hydrogen-bond donors (Lipinski definition) is 1. The van der Waals surface area contributed by atoms with Crippen molar-refractivity contribution in [2.45, 2.75) is 19.4 Å². The van der Waals surface area contributed by atoms with Gasteiger partial charge in [-0.3, -0.25) is 0 Å². The van der Waals surface area contributed by atoms with Gasteiger partial charge >= 0.3 is 0 Å². The van der Waals surface area contributed by atoms with E-state index in [1.807, 2.05) is 18.9 Å². The van der Waals surface area contributed by atoms with Crippen LogP contribution in [0.5, 0.6) is 0 Å². The second-order valence-electron chi connectivity index (χ2n) is 4.23. The van der Waals surface area contributed by atoms with E-state index >= 15 is 0 Å². The number of likely N-dealkylation sites (N-methyl/N-ethyl adjacent to an activating group) is 1. The molecule has 0 saturated carbocycles. The van der Waals surface area contributed by atoms with E-state index in [1.165, 1.54) is 12.1 Å². The van der Waals surface area contributed by atoms with Gasteiger partial charge in [0.25, 0.3) is 0 Å². The fraction of sp³-hybridized carbons (Fsp3) is 0.500. The van der Waals surface area contributed by atoms with Gasteiger partial charge in [-0.05, 0) is 32.0 Å². The summed E-state index contributed by atoms with van der Waals surface area (Å²) in [5.41, 5.74) is 6.19. The predicted molar refractivity (Wildman–Crippen MR) is 61.2 cm³/mol. The summed E-state index contributed by atoms with van der Waals surface area (Å²) < 4.78 is 25.9. The van der Waals surface area contributed by atoms with Crippen LogP contribution in [0.25, 0.3) is 0 Å². The van der Waals surface area contributed by atoms with Crippen molar-refractivity contribution in [3.05, 3.63) is 35.4 Å². The summed E-state index contributed by atoms with van der Waals surface area (Å²) in [5.74, 6) is -1.01. The molecule has 1 unspecified atom stereocenters. The van der Waals surface area contributed by atoms with Gasteiger partial charge in [-0.15, -0.1) is 0 Å². The normalized spacial score (nSPS) is 13.1. The van der Waals surface area contributed by atoms with Crippen molar-refractivity contribution >= 4 is 0 Å². The van der Waals surface area contributed by atoms with Crippen LogP contribution in [0.4, 0.5) is 8.78 Å². The molecule has 2 N–H and O–H groups in total. The third kappa shape index (κ3) is 4.24. The lowest BCUT2D eigenvalue weighted by molar-refractivity contribution is 0.319. The zero-order valence-electron chi connectivity index (χ0n) is 9.71. The molecule has 1 aromatic carbocycles. The predicted octanol–water partition coefficient (Wildman–Crippen LogP) is 1.79. The first-order valence-electron chi connectivity index (χ1n) is 5.37. The van der Waals surface area contributed by atoms with Gasteiger partial charge in [-0.2, -0.15) is 0 Å². The first-order valence-corrected chi connectivity index (χ1v) is 5.37. The quantitative estimate of drug-likeness (QED) is 0.832. The van der Waals surface area contributed by atoms with Crippen LogP contribution in [0.2, 0.25) is 0 Å². The summed E-state index contributed by atoms with van der Waals surface area (Å²) in [4.78, 5) is 2.04. The van der Waals surface area contributed by atoms with Crippen molar-refractivity contribution in [1.82, 2.24) is 4.90 Å². The van der Waals surface area contributed by atoms with Crippen molar-refractivity contribution in [2.75, 3.05) is 20.1 Å². The Hall–Kier alpha value is -1.00. The van der Waals surface area contributed by atoms with Crippen LogP contribution in [0.15, 0.2) is 18.2 Å². The maximum Gasteiger partial charge on any atom is 0.129 e. The standard InChI is InChI=1S/C12H18F2N2/c1-9(15)8-16(2)6-5-10-3-4-11(13)7-12(10)14/h3-4,7,9H,5-6,8,15H2,1-2H3. The van der Waals surface area contributed by atoms with Gasteiger partial charge in [0.2, 0.25) is 0 Å². The highest BCUT2D eigenvalue weighted by Gasteiger charge is 2.06. The Balaban J connectivity index is 2.48. The van der Waals surface area contributed by atoms with Crippen LogP contribution in [0.3, 0.4) is 0 Å². The Morgan fingerprint density at radius 3 is 2.62 bits per heavy atom. The summed E-state index contributed by atoms with van der Waals surface area (Å²) in [6, 6.07) is 3.79. The van der Waals surface area contributed by atoms with E-state index in [0.29, 0.717) is 18.5 Å². The van der Waals surface area contributed by atoms with Gasteiger partial charge < -0.3 is 10.6 Å². The molecule has 1 rings (SSSR count). The van der Waals surface area contributed by atoms with Crippen LogP contribution in [-0.4, -0.2) is 31.1 Å². The molecule has 0 radical (unpaired) electrons. The molecule has 0 amide bonds. The molecule has 90 valence electrons. The maximum atomic E-state index is 13.3. The van der Waals surface area contributed by atoms with E-state index in [-0.39, 0.29) is 6.04 Å². The van der Waals surface area contributed by atoms with E-state index in [0.717, 1.165) is 12.6 Å². The Kier molecular flexibility index (Phi) is 4.83. The highest BCUT2D eigenvalue weighted by molar-refractivity contribution is 5.18. The molecule has 0 aromatic heterocycles. The highest BCUT2D eigenvalue weighted by Crippen LogP contribution is 2.10. The number of benzene rings is 1. The lowest BCUT2D eigenvalue weighted by Crippen LogP contribution is -2.34. The molecule has 0 bridgehead atoms. The molecule has 1 aromatic rings. The van der Waals surface area contributed by atoms with Gasteiger partial charge in [0, 0.05) is 25.2 Å². The zero-order chi connectivity index (χ0) is 12.1. The van der Waals surface area contributed by atoms with Gasteiger partial charge in [-0.25, -0.2) is 8.78 Å². The van der Waals surface area contributed by atoms with Gasteiger partial charge in [-0.1, -0.05) is 6.07 Å². The molecular formula is C12H18F2N2. The Morgan fingerprint density at radius 1 is 1.38 bits per heavy atom. The molecule has 4 heteroatoms. The average Bonchev–Trinajstić information content (AvgIpc) is 2.15. The van der Waals surface area contributed by atoms with E-state index < -0.39 is 11.6 Å². The van der Waals surface area contributed by atoms with Crippen molar-refractivity contribution < 1.29 is 8.78 Å². The Labute approximate surface area is 95.1 Å². The monoisotopic (exact) mass is 228 g/mol. The summed E-state index contributed by atoms with van der Waals surface area (Å²) in [7, 11) is 1.94. The second kappa shape index (κ2) is 5.92. The fourth-order valence-electron chi connectivity index (χ4n) is 1.62. The molecule has 0 heterocycles. The van der Waals surface area contributed by atoms with Crippen LogP contribution in [0.1, 0.15) is 12.5 Å². The second-order valence-corrected chi connectivity index (χ2v) is 4.23. The Morgan fingerprint density at radius 2 is 2.06 bits per heavy atom. The molecule has 0 spiro atoms. The van der Waals surface area contributed by atoms with E-state index in [4.69, 9.17) is 5.73 Å². The first kappa shape index (κ1) is 13.1. The van der Waals surface area contributed by atoms with Gasteiger partial charge in [0.05, 0.1) is 0 Å². The minimum absolute atomic E-state index is 0.100. The molecule has 1 atom stereocenters. The van der Waals surface area contributed by atoms with E-state index in [9.17, 15) is 8.78 Å². The lowest BCUT2D eigenvalue weighted by atomic mass is 10.1. The summed E-state index contributed by atoms with van der Waals surface area (Å²) in [5, 5.41) is 0. The summed E-state index contributed by atoms with van der Waals surface area (Å²) >= 11 is 0. The number of halogens is 2. The third-order valence-electron chi connectivity index (χ3n) is 2.38. The number of nitrogens with zero attached hydrogens (tertiary/aromatic N) is 1. The van der Waals surface area contributed by atoms with Crippen molar-refractivity contribution in [3.8, 4) is 0 Å². The summed E-state index contributed by atoms with van der Waals surface area (Å²) in [6.45, 7) is 3.40. The lowest BCUT2D eigenvalue weighted by Gasteiger charge is -2.18. The molecule has 0 fully saturated rings. The Bertz CT molecular complexity index is 340. The van der Waals surface area contributed by atoms with Gasteiger partial charge in [0.1, 0.15) is 11.6 Å². The summed E-state index contributed by atoms with van der Waals surface area (Å²) in [6.07, 6.45) is 0.565. The minimum atomic E-state index is -0.537. The minimum Gasteiger partial charge on any atom is -0.327 e. The molecule has 2 nitrogen and oxygen atoms in total. The SMILES string of the molecule is CC(N)CN(C)CCc1ccc(F)cc1F. The molecule has 16 heavy (non-hydrogen) atoms. The molecular weight excluding hydrogens is 210 g/mol. The average molecular weight is 228 g/mol. The van der Waals surface area contributed by atoms with Gasteiger partial charge in [0.15, 0.2) is 0 Å². The van der Waals surface area contributed by atoms with Crippen LogP contribution >= 0.6 is 0 Å². The van der Waals surface area contributed by atoms with E-state index in [2.05, 4.69) is 0 Å². The van der Waals surface area contributed by atoms with Crippen LogP contribution in [0, 0.1) is 11.6 Å². The van der Waals surface area contributed by atoms with Crippen LogP contribution in [-0.2, 0) is 6.42 Å². The molecule has 0 aliphatic rings. The maximum absolute atomic E-state index is 13.3. The largest absolute Gasteiger partial charge is 0.327 e. The number of nitrogens with two attached hydrogens (primary N) is 1. The first-order chi connectivity index (χ1) is 7.49. The third-order valence-corrected chi connectivity index (χ3v) is 2.38. The smallest absolute Gasteiger partial charge is 0.129 e. The topological polar surface area (TPSA) is 29.3 Å². The van der Waals surface area contributed by atoms with Crippen molar-refractivity contribution in [1.29, 1.82) is 0 Å². The fourth-order valence-corrected chi connectivity index (χ4v) is 1.62. The molecule has 0 aliphatic carbocycles. The molecule has 0 aliphatic heterocycles. The van der Waals surface area contributed by atoms with Crippen molar-refractivity contribution in [2.24, 2.45) is 5.73 Å². The number of hydrogen-bond acceptors (Lipinski definition) is 2. The van der Waals surface area contributed by atoms with Crippen LogP contribution < -0.4 is 5.73 Å². The highest BCUT2D eigenvalue weighted by atomic mass is 19.1. The zero-order valence-corrected chi connectivity index (χ0v) is 9.71. The van der Waals surface area contributed by atoms with Crippen molar-refractivity contribution in [3.63, 3.8) is 0 Å².